The van der Waals surface area contributed by atoms with E-state index in [1.165, 1.54) is 14.0 Å². The van der Waals surface area contributed by atoms with Crippen LogP contribution in [-0.2, 0) is 9.53 Å². The molecule has 0 aromatic rings. The summed E-state index contributed by atoms with van der Waals surface area (Å²) in [6, 6.07) is -0.621. The number of carbonyl (C=O) groups is 1. The van der Waals surface area contributed by atoms with Gasteiger partial charge in [-0.05, 0) is 26.2 Å². The SMILES string of the molecule is COC(=O)[C@@H](N)CCCCN(O)/C(C)=N/O. The molecule has 0 rings (SSSR count). The number of methoxy groups -OCH3 is 1. The molecule has 16 heavy (non-hydrogen) atoms. The Morgan fingerprint density at radius 2 is 2.19 bits per heavy atom. The number of hydroxylamine groups is 2. The monoisotopic (exact) mass is 233 g/mol. The predicted octanol–water partition coefficient (Wildman–Crippen LogP) is 0.156. The van der Waals surface area contributed by atoms with Crippen LogP contribution in [0.2, 0.25) is 0 Å². The second-order valence-electron chi connectivity index (χ2n) is 3.40. The Labute approximate surface area is 94.4 Å². The first kappa shape index (κ1) is 14.7. The molecule has 7 nitrogen and oxygen atoms in total. The fraction of sp³-hybridized carbons (Fsp3) is 0.778. The highest BCUT2D eigenvalue weighted by Crippen LogP contribution is 2.02. The van der Waals surface area contributed by atoms with E-state index in [2.05, 4.69) is 9.89 Å². The van der Waals surface area contributed by atoms with E-state index in [0.717, 1.165) is 5.06 Å². The number of esters is 1. The summed E-state index contributed by atoms with van der Waals surface area (Å²) in [6.07, 6.45) is 1.80. The molecular weight excluding hydrogens is 214 g/mol. The molecule has 0 fully saturated rings. The summed E-state index contributed by atoms with van der Waals surface area (Å²) in [5.41, 5.74) is 5.52. The van der Waals surface area contributed by atoms with Crippen LogP contribution in [0.1, 0.15) is 26.2 Å². The van der Waals surface area contributed by atoms with Crippen LogP contribution in [0.15, 0.2) is 5.16 Å². The number of carbonyl (C=O) groups excluding carboxylic acids is 1. The lowest BCUT2D eigenvalue weighted by Gasteiger charge is -2.15. The van der Waals surface area contributed by atoms with Crippen molar-refractivity contribution in [2.75, 3.05) is 13.7 Å². The highest BCUT2D eigenvalue weighted by molar-refractivity contribution is 5.77. The molecule has 0 aromatic heterocycles. The van der Waals surface area contributed by atoms with Gasteiger partial charge < -0.3 is 15.7 Å². The fourth-order valence-electron chi connectivity index (χ4n) is 1.11. The van der Waals surface area contributed by atoms with Crippen LogP contribution in [-0.4, -0.2) is 47.0 Å². The average Bonchev–Trinajstić information content (AvgIpc) is 2.31. The molecule has 0 aromatic carbocycles. The van der Waals surface area contributed by atoms with E-state index in [9.17, 15) is 10.0 Å². The van der Waals surface area contributed by atoms with E-state index in [1.54, 1.807) is 0 Å². The van der Waals surface area contributed by atoms with E-state index in [1.807, 2.05) is 0 Å². The van der Waals surface area contributed by atoms with Gasteiger partial charge in [-0.2, -0.15) is 0 Å². The van der Waals surface area contributed by atoms with Gasteiger partial charge in [-0.1, -0.05) is 5.16 Å². The van der Waals surface area contributed by atoms with E-state index in [-0.39, 0.29) is 5.84 Å². The summed E-state index contributed by atoms with van der Waals surface area (Å²) >= 11 is 0. The smallest absolute Gasteiger partial charge is 0.322 e. The lowest BCUT2D eigenvalue weighted by molar-refractivity contribution is -0.142. The minimum atomic E-state index is -0.621. The summed E-state index contributed by atoms with van der Waals surface area (Å²) in [4.78, 5) is 10.9. The number of unbranched alkanes of at least 4 members (excludes halogenated alkanes) is 1. The van der Waals surface area contributed by atoms with Gasteiger partial charge in [0.05, 0.1) is 7.11 Å². The van der Waals surface area contributed by atoms with Crippen LogP contribution >= 0.6 is 0 Å². The maximum Gasteiger partial charge on any atom is 0.322 e. The van der Waals surface area contributed by atoms with Crippen LogP contribution in [0.5, 0.6) is 0 Å². The number of oxime groups is 1. The quantitative estimate of drug-likeness (QED) is 0.150. The van der Waals surface area contributed by atoms with Crippen LogP contribution in [0, 0.1) is 0 Å². The van der Waals surface area contributed by atoms with Gasteiger partial charge >= 0.3 is 5.97 Å². The first-order valence-electron chi connectivity index (χ1n) is 5.01. The van der Waals surface area contributed by atoms with Crippen LogP contribution in [0.25, 0.3) is 0 Å². The highest BCUT2D eigenvalue weighted by atomic mass is 16.5. The van der Waals surface area contributed by atoms with Crippen molar-refractivity contribution in [3.63, 3.8) is 0 Å². The van der Waals surface area contributed by atoms with Crippen LogP contribution in [0.3, 0.4) is 0 Å². The highest BCUT2D eigenvalue weighted by Gasteiger charge is 2.13. The summed E-state index contributed by atoms with van der Waals surface area (Å²) in [6.45, 7) is 1.80. The molecular formula is C9H19N3O4. The molecule has 0 unspecified atom stereocenters. The molecule has 0 amide bonds. The van der Waals surface area contributed by atoms with Crippen molar-refractivity contribution in [3.05, 3.63) is 0 Å². The van der Waals surface area contributed by atoms with Gasteiger partial charge in [-0.15, -0.1) is 0 Å². The van der Waals surface area contributed by atoms with Crippen molar-refractivity contribution in [2.45, 2.75) is 32.2 Å². The van der Waals surface area contributed by atoms with Gasteiger partial charge in [-0.3, -0.25) is 10.0 Å². The minimum absolute atomic E-state index is 0.122. The zero-order valence-electron chi connectivity index (χ0n) is 9.59. The van der Waals surface area contributed by atoms with Crippen LogP contribution < -0.4 is 5.73 Å². The third-order valence-corrected chi connectivity index (χ3v) is 2.16. The molecule has 0 aliphatic heterocycles. The molecule has 4 N–H and O–H groups in total. The van der Waals surface area contributed by atoms with Gasteiger partial charge in [0.2, 0.25) is 0 Å². The third-order valence-electron chi connectivity index (χ3n) is 2.16. The van der Waals surface area contributed by atoms with Crippen molar-refractivity contribution < 1.29 is 19.9 Å². The molecule has 0 bridgehead atoms. The predicted molar refractivity (Wildman–Crippen MR) is 57.2 cm³/mol. The Morgan fingerprint density at radius 3 is 2.69 bits per heavy atom. The van der Waals surface area contributed by atoms with E-state index < -0.39 is 12.0 Å². The molecule has 1 atom stereocenters. The molecule has 0 spiro atoms. The first-order chi connectivity index (χ1) is 7.52. The van der Waals surface area contributed by atoms with Crippen molar-refractivity contribution in [3.8, 4) is 0 Å². The van der Waals surface area contributed by atoms with Gasteiger partial charge in [0.25, 0.3) is 0 Å². The molecule has 0 radical (unpaired) electrons. The van der Waals surface area contributed by atoms with Gasteiger partial charge in [0.1, 0.15) is 6.04 Å². The molecule has 94 valence electrons. The number of amidine groups is 1. The number of nitrogens with two attached hydrogens (primary N) is 1. The van der Waals surface area contributed by atoms with Gasteiger partial charge in [0.15, 0.2) is 5.84 Å². The lowest BCUT2D eigenvalue weighted by Crippen LogP contribution is -2.32. The Balaban J connectivity index is 3.65. The largest absolute Gasteiger partial charge is 0.468 e. The zero-order valence-corrected chi connectivity index (χ0v) is 9.59. The maximum absolute atomic E-state index is 10.9. The zero-order chi connectivity index (χ0) is 12.6. The fourth-order valence-corrected chi connectivity index (χ4v) is 1.11. The second-order valence-corrected chi connectivity index (χ2v) is 3.40. The Hall–Kier alpha value is -1.34. The minimum Gasteiger partial charge on any atom is -0.468 e. The summed E-state index contributed by atoms with van der Waals surface area (Å²) in [5.74, 6) is -0.314. The van der Waals surface area contributed by atoms with Crippen molar-refractivity contribution in [1.82, 2.24) is 5.06 Å². The Bertz CT molecular complexity index is 245. The number of hydrogen-bond donors (Lipinski definition) is 3. The number of nitrogens with zero attached hydrogens (tertiary/aromatic N) is 2. The molecule has 0 aliphatic rings. The van der Waals surface area contributed by atoms with E-state index >= 15 is 0 Å². The molecule has 0 heterocycles. The topological polar surface area (TPSA) is 108 Å². The second kappa shape index (κ2) is 7.89. The molecule has 0 saturated heterocycles. The number of rotatable bonds is 6. The van der Waals surface area contributed by atoms with Crippen LogP contribution in [0.4, 0.5) is 0 Å². The number of hydrogen-bond acceptors (Lipinski definition) is 6. The standard InChI is InChI=1S/C9H19N3O4/c1-7(11-14)12(15)6-4-3-5-8(10)9(13)16-2/h8,14-15H,3-6,10H2,1-2H3/b11-7+/t8-/m0/s1. The van der Waals surface area contributed by atoms with E-state index in [0.29, 0.717) is 25.8 Å². The van der Waals surface area contributed by atoms with Gasteiger partial charge in [-0.25, -0.2) is 5.06 Å². The molecule has 0 aliphatic carbocycles. The van der Waals surface area contributed by atoms with Crippen molar-refractivity contribution in [1.29, 1.82) is 0 Å². The Kier molecular flexibility index (Phi) is 7.23. The summed E-state index contributed by atoms with van der Waals surface area (Å²) in [5, 5.41) is 21.3. The van der Waals surface area contributed by atoms with Crippen molar-refractivity contribution >= 4 is 11.8 Å². The summed E-state index contributed by atoms with van der Waals surface area (Å²) in [7, 11) is 1.29. The Morgan fingerprint density at radius 1 is 1.56 bits per heavy atom. The number of ether oxygens (including phenoxy) is 1. The summed E-state index contributed by atoms with van der Waals surface area (Å²) < 4.78 is 4.47. The third kappa shape index (κ3) is 5.52. The van der Waals surface area contributed by atoms with Crippen molar-refractivity contribution in [2.24, 2.45) is 10.9 Å². The lowest BCUT2D eigenvalue weighted by atomic mass is 10.1. The van der Waals surface area contributed by atoms with E-state index in [4.69, 9.17) is 10.9 Å². The molecule has 0 saturated carbocycles. The van der Waals surface area contributed by atoms with Gasteiger partial charge in [0, 0.05) is 6.54 Å². The normalized spacial score (nSPS) is 13.4. The first-order valence-corrected chi connectivity index (χ1v) is 5.01. The average molecular weight is 233 g/mol. The maximum atomic E-state index is 10.9. The molecule has 7 heteroatoms.